The molecule has 3 N–H and O–H groups in total. The molecule has 0 bridgehead atoms. The topological polar surface area (TPSA) is 59.1 Å². The maximum atomic E-state index is 8.92. The zero-order valence-electron chi connectivity index (χ0n) is 9.76. The summed E-state index contributed by atoms with van der Waals surface area (Å²) in [6.07, 6.45) is 2.60. The van der Waals surface area contributed by atoms with Crippen LogP contribution >= 0.6 is 11.8 Å². The number of nitrogens with two attached hydrogens (primary N) is 1. The Morgan fingerprint density at radius 3 is 3.00 bits per heavy atom. The number of aromatic nitrogens is 1. The number of thioether (sulfide) groups is 1. The van der Waals surface area contributed by atoms with Crippen LogP contribution in [0.5, 0.6) is 0 Å². The second kappa shape index (κ2) is 5.38. The lowest BCUT2D eigenvalue weighted by molar-refractivity contribution is 0.289. The molecule has 0 fully saturated rings. The molecular formula is C13H16N2OS. The summed E-state index contributed by atoms with van der Waals surface area (Å²) in [6, 6.07) is 7.80. The number of hydrogen-bond donors (Lipinski definition) is 2. The smallest absolute Gasteiger partial charge is 0.0733 e. The van der Waals surface area contributed by atoms with Crippen LogP contribution in [-0.4, -0.2) is 21.9 Å². The molecule has 0 radical (unpaired) electrons. The molecule has 0 aliphatic heterocycles. The van der Waals surface area contributed by atoms with Gasteiger partial charge in [0.1, 0.15) is 0 Å². The molecule has 0 amide bonds. The number of hydrogen-bond acceptors (Lipinski definition) is 4. The summed E-state index contributed by atoms with van der Waals surface area (Å²) in [5.74, 6) is 0. The zero-order chi connectivity index (χ0) is 12.3. The highest BCUT2D eigenvalue weighted by Gasteiger charge is 2.07. The van der Waals surface area contributed by atoms with Gasteiger partial charge in [0.15, 0.2) is 0 Å². The first-order valence-electron chi connectivity index (χ1n) is 5.62. The van der Waals surface area contributed by atoms with Crippen molar-refractivity contribution in [2.45, 2.75) is 23.5 Å². The fraction of sp³-hybridized carbons (Fsp3) is 0.308. The Morgan fingerprint density at radius 2 is 2.24 bits per heavy atom. The molecule has 17 heavy (non-hydrogen) atoms. The Hall–Kier alpha value is -1.26. The van der Waals surface area contributed by atoms with Crippen molar-refractivity contribution >= 4 is 28.4 Å². The molecular weight excluding hydrogens is 232 g/mol. The summed E-state index contributed by atoms with van der Waals surface area (Å²) in [4.78, 5) is 5.50. The summed E-state index contributed by atoms with van der Waals surface area (Å²) in [5.41, 5.74) is 7.40. The number of nitrogens with zero attached hydrogens (tertiary/aromatic N) is 1. The molecule has 2 aromatic rings. The van der Waals surface area contributed by atoms with Crippen LogP contribution in [-0.2, 0) is 0 Å². The second-order valence-electron chi connectivity index (χ2n) is 4.03. The average molecular weight is 248 g/mol. The van der Waals surface area contributed by atoms with Crippen molar-refractivity contribution in [3.05, 3.63) is 30.5 Å². The van der Waals surface area contributed by atoms with Gasteiger partial charge in [0.05, 0.1) is 5.52 Å². The van der Waals surface area contributed by atoms with Crippen molar-refractivity contribution in [2.24, 2.45) is 0 Å². The minimum absolute atomic E-state index is 0.226. The Kier molecular flexibility index (Phi) is 3.86. The van der Waals surface area contributed by atoms with Gasteiger partial charge in [-0.3, -0.25) is 4.98 Å². The Balaban J connectivity index is 2.34. The maximum Gasteiger partial charge on any atom is 0.0733 e. The van der Waals surface area contributed by atoms with E-state index in [1.807, 2.05) is 24.3 Å². The van der Waals surface area contributed by atoms with Crippen LogP contribution < -0.4 is 5.73 Å². The van der Waals surface area contributed by atoms with E-state index in [2.05, 4.69) is 11.9 Å². The predicted octanol–water partition coefficient (Wildman–Crippen LogP) is 2.68. The highest BCUT2D eigenvalue weighted by molar-refractivity contribution is 8.00. The van der Waals surface area contributed by atoms with E-state index in [1.165, 1.54) is 4.90 Å². The van der Waals surface area contributed by atoms with Gasteiger partial charge in [0.2, 0.25) is 0 Å². The number of aliphatic hydroxyl groups is 1. The van der Waals surface area contributed by atoms with Gasteiger partial charge in [-0.1, -0.05) is 6.92 Å². The van der Waals surface area contributed by atoms with Crippen LogP contribution in [0.3, 0.4) is 0 Å². The highest BCUT2D eigenvalue weighted by atomic mass is 32.2. The van der Waals surface area contributed by atoms with Gasteiger partial charge in [-0.2, -0.15) is 0 Å². The van der Waals surface area contributed by atoms with Gasteiger partial charge < -0.3 is 10.8 Å². The van der Waals surface area contributed by atoms with Gasteiger partial charge >= 0.3 is 0 Å². The van der Waals surface area contributed by atoms with E-state index in [4.69, 9.17) is 10.8 Å². The first-order chi connectivity index (χ1) is 8.20. The number of rotatable bonds is 4. The molecule has 90 valence electrons. The van der Waals surface area contributed by atoms with E-state index in [-0.39, 0.29) is 6.61 Å². The van der Waals surface area contributed by atoms with Crippen molar-refractivity contribution in [1.29, 1.82) is 0 Å². The van der Waals surface area contributed by atoms with E-state index in [1.54, 1.807) is 18.0 Å². The number of anilines is 1. The first kappa shape index (κ1) is 12.2. The fourth-order valence-electron chi connectivity index (χ4n) is 1.70. The van der Waals surface area contributed by atoms with Crippen molar-refractivity contribution in [3.63, 3.8) is 0 Å². The third kappa shape index (κ3) is 2.90. The van der Waals surface area contributed by atoms with E-state index in [9.17, 15) is 0 Å². The third-order valence-corrected chi connectivity index (χ3v) is 3.84. The van der Waals surface area contributed by atoms with Crippen molar-refractivity contribution in [1.82, 2.24) is 4.98 Å². The molecule has 1 aromatic heterocycles. The first-order valence-corrected chi connectivity index (χ1v) is 6.50. The summed E-state index contributed by atoms with van der Waals surface area (Å²) < 4.78 is 0. The Labute approximate surface area is 105 Å². The number of benzene rings is 1. The largest absolute Gasteiger partial charge is 0.399 e. The molecule has 3 nitrogen and oxygen atoms in total. The minimum Gasteiger partial charge on any atom is -0.399 e. The summed E-state index contributed by atoms with van der Waals surface area (Å²) in [5, 5.41) is 10.4. The van der Waals surface area contributed by atoms with Gasteiger partial charge in [-0.15, -0.1) is 11.8 Å². The van der Waals surface area contributed by atoms with E-state index in [0.717, 1.165) is 23.0 Å². The van der Waals surface area contributed by atoms with Crippen LogP contribution in [0, 0.1) is 0 Å². The number of pyridine rings is 1. The van der Waals surface area contributed by atoms with E-state index in [0.29, 0.717) is 5.25 Å². The molecule has 0 spiro atoms. The maximum absolute atomic E-state index is 8.92. The van der Waals surface area contributed by atoms with Crippen LogP contribution in [0.2, 0.25) is 0 Å². The van der Waals surface area contributed by atoms with Gasteiger partial charge in [0.25, 0.3) is 0 Å². The molecule has 0 aliphatic rings. The van der Waals surface area contributed by atoms with Gasteiger partial charge in [0, 0.05) is 34.0 Å². The molecule has 1 atom stereocenters. The lowest BCUT2D eigenvalue weighted by Crippen LogP contribution is -1.99. The standard InChI is InChI=1S/C13H16N2OS/c1-9(5-7-16)17-13-4-6-15-12-8-10(14)2-3-11(12)13/h2-4,6,8-9,16H,5,7,14H2,1H3. The quantitative estimate of drug-likeness (QED) is 0.645. The Morgan fingerprint density at radius 1 is 1.41 bits per heavy atom. The second-order valence-corrected chi connectivity index (χ2v) is 5.51. The highest BCUT2D eigenvalue weighted by Crippen LogP contribution is 2.31. The summed E-state index contributed by atoms with van der Waals surface area (Å²) in [6.45, 7) is 2.34. The lowest BCUT2D eigenvalue weighted by Gasteiger charge is -2.11. The van der Waals surface area contributed by atoms with E-state index >= 15 is 0 Å². The van der Waals surface area contributed by atoms with Gasteiger partial charge in [-0.05, 0) is 30.7 Å². The van der Waals surface area contributed by atoms with Crippen molar-refractivity contribution in [3.8, 4) is 0 Å². The Bertz CT molecular complexity index is 516. The monoisotopic (exact) mass is 248 g/mol. The molecule has 2 rings (SSSR count). The predicted molar refractivity (Wildman–Crippen MR) is 73.2 cm³/mol. The summed E-state index contributed by atoms with van der Waals surface area (Å²) >= 11 is 1.76. The SMILES string of the molecule is CC(CCO)Sc1ccnc2cc(N)ccc12. The normalized spacial score (nSPS) is 12.8. The molecule has 1 heterocycles. The van der Waals surface area contributed by atoms with Crippen LogP contribution in [0.25, 0.3) is 10.9 Å². The zero-order valence-corrected chi connectivity index (χ0v) is 10.6. The average Bonchev–Trinajstić information content (AvgIpc) is 2.29. The van der Waals surface area contributed by atoms with Crippen molar-refractivity contribution < 1.29 is 5.11 Å². The molecule has 0 aliphatic carbocycles. The lowest BCUT2D eigenvalue weighted by atomic mass is 10.2. The third-order valence-electron chi connectivity index (χ3n) is 2.59. The molecule has 1 aromatic carbocycles. The summed E-state index contributed by atoms with van der Waals surface area (Å²) in [7, 11) is 0. The van der Waals surface area contributed by atoms with E-state index < -0.39 is 0 Å². The number of aliphatic hydroxyl groups excluding tert-OH is 1. The van der Waals surface area contributed by atoms with Crippen LogP contribution in [0.15, 0.2) is 35.4 Å². The molecule has 0 saturated carbocycles. The number of nitrogen functional groups attached to an aromatic ring is 1. The molecule has 0 saturated heterocycles. The number of fused-ring (bicyclic) bond motifs is 1. The van der Waals surface area contributed by atoms with Crippen LogP contribution in [0.1, 0.15) is 13.3 Å². The minimum atomic E-state index is 0.226. The van der Waals surface area contributed by atoms with Gasteiger partial charge in [-0.25, -0.2) is 0 Å². The fourth-order valence-corrected chi connectivity index (χ4v) is 2.79. The molecule has 4 heteroatoms. The molecule has 1 unspecified atom stereocenters. The van der Waals surface area contributed by atoms with Crippen molar-refractivity contribution in [2.75, 3.05) is 12.3 Å². The van der Waals surface area contributed by atoms with Crippen LogP contribution in [0.4, 0.5) is 5.69 Å².